The molecule has 2 heteroatoms. The highest BCUT2D eigenvalue weighted by Crippen LogP contribution is 2.09. The van der Waals surface area contributed by atoms with Gasteiger partial charge in [-0.3, -0.25) is 0 Å². The topological polar surface area (TPSA) is 25.8 Å². The molecule has 0 amide bonds. The number of aromatic nitrogens is 2. The van der Waals surface area contributed by atoms with E-state index in [9.17, 15) is 0 Å². The maximum Gasteiger partial charge on any atom is 0.0537 e. The molecule has 0 saturated heterocycles. The minimum absolute atomic E-state index is 0.0838. The molecule has 0 aliphatic rings. The van der Waals surface area contributed by atoms with Gasteiger partial charge in [0.15, 0.2) is 0 Å². The van der Waals surface area contributed by atoms with Crippen molar-refractivity contribution in [1.82, 2.24) is 10.2 Å². The van der Waals surface area contributed by atoms with Crippen LogP contribution in [0.3, 0.4) is 0 Å². The fourth-order valence-electron chi connectivity index (χ4n) is 0.834. The zero-order valence-electron chi connectivity index (χ0n) is 8.33. The van der Waals surface area contributed by atoms with Crippen molar-refractivity contribution in [1.29, 1.82) is 0 Å². The molecule has 1 rings (SSSR count). The van der Waals surface area contributed by atoms with Crippen LogP contribution in [0.25, 0.3) is 0 Å². The van der Waals surface area contributed by atoms with Crippen LogP contribution in [0, 0.1) is 17.3 Å². The van der Waals surface area contributed by atoms with Gasteiger partial charge in [0.05, 0.1) is 6.20 Å². The van der Waals surface area contributed by atoms with Gasteiger partial charge >= 0.3 is 0 Å². The molecular weight excluding hydrogens is 160 g/mol. The lowest BCUT2D eigenvalue weighted by atomic mass is 9.97. The molecule has 0 aliphatic heterocycles. The fraction of sp³-hybridized carbons (Fsp3) is 0.455. The normalized spacial score (nSPS) is 10.4. The van der Waals surface area contributed by atoms with Crippen molar-refractivity contribution in [3.05, 3.63) is 24.0 Å². The first-order chi connectivity index (χ1) is 6.08. The van der Waals surface area contributed by atoms with Crippen molar-refractivity contribution in [2.75, 3.05) is 0 Å². The summed E-state index contributed by atoms with van der Waals surface area (Å²) in [5.74, 6) is 6.30. The van der Waals surface area contributed by atoms with E-state index in [1.807, 2.05) is 6.07 Å². The van der Waals surface area contributed by atoms with Gasteiger partial charge < -0.3 is 0 Å². The fourth-order valence-corrected chi connectivity index (χ4v) is 0.834. The van der Waals surface area contributed by atoms with Crippen molar-refractivity contribution in [2.24, 2.45) is 5.41 Å². The Balaban J connectivity index is 2.56. The summed E-state index contributed by atoms with van der Waals surface area (Å²) in [5, 5.41) is 7.49. The van der Waals surface area contributed by atoms with E-state index in [1.54, 1.807) is 12.4 Å². The number of rotatable bonds is 1. The smallest absolute Gasteiger partial charge is 0.0537 e. The third-order valence-electron chi connectivity index (χ3n) is 1.40. The Morgan fingerprint density at radius 3 is 2.62 bits per heavy atom. The highest BCUT2D eigenvalue weighted by Gasteiger charge is 2.02. The highest BCUT2D eigenvalue weighted by molar-refractivity contribution is 5.17. The van der Waals surface area contributed by atoms with Crippen molar-refractivity contribution >= 4 is 0 Å². The van der Waals surface area contributed by atoms with Crippen LogP contribution in [0.15, 0.2) is 18.5 Å². The van der Waals surface area contributed by atoms with Crippen molar-refractivity contribution in [3.8, 4) is 11.8 Å². The van der Waals surface area contributed by atoms with Gasteiger partial charge in [-0.1, -0.05) is 11.8 Å². The first-order valence-electron chi connectivity index (χ1n) is 4.33. The predicted octanol–water partition coefficient (Wildman–Crippen LogP) is 2.07. The molecule has 1 aromatic rings. The van der Waals surface area contributed by atoms with E-state index in [-0.39, 0.29) is 5.41 Å². The Bertz CT molecular complexity index is 311. The van der Waals surface area contributed by atoms with Gasteiger partial charge in [0, 0.05) is 18.0 Å². The Hall–Kier alpha value is -1.36. The molecule has 0 aromatic carbocycles. The maximum atomic E-state index is 3.78. The van der Waals surface area contributed by atoms with E-state index in [2.05, 4.69) is 42.8 Å². The summed E-state index contributed by atoms with van der Waals surface area (Å²) in [6.45, 7) is 6.31. The van der Waals surface area contributed by atoms with Gasteiger partial charge in [-0.25, -0.2) is 0 Å². The van der Waals surface area contributed by atoms with Crippen LogP contribution in [0.5, 0.6) is 0 Å². The van der Waals surface area contributed by atoms with Crippen LogP contribution in [-0.2, 0) is 6.42 Å². The van der Waals surface area contributed by atoms with Crippen LogP contribution in [0.2, 0.25) is 0 Å². The quantitative estimate of drug-likeness (QED) is 0.609. The van der Waals surface area contributed by atoms with Crippen LogP contribution >= 0.6 is 0 Å². The molecule has 0 aliphatic carbocycles. The Morgan fingerprint density at radius 1 is 1.31 bits per heavy atom. The molecule has 1 aromatic heterocycles. The molecule has 2 nitrogen and oxygen atoms in total. The monoisotopic (exact) mass is 174 g/mol. The standard InChI is InChI=1S/C11H14N2/c1-11(2,3)7-4-5-10-6-8-12-13-9-10/h6,8-9H,5H2,1-3H3. The van der Waals surface area contributed by atoms with Crippen molar-refractivity contribution < 1.29 is 0 Å². The lowest BCUT2D eigenvalue weighted by Gasteiger charge is -2.06. The van der Waals surface area contributed by atoms with Crippen LogP contribution < -0.4 is 0 Å². The molecule has 0 unspecified atom stereocenters. The maximum absolute atomic E-state index is 3.78. The summed E-state index contributed by atoms with van der Waals surface area (Å²) in [6.07, 6.45) is 4.19. The molecular formula is C11H14N2. The molecule has 13 heavy (non-hydrogen) atoms. The Labute approximate surface area is 79.4 Å². The van der Waals surface area contributed by atoms with E-state index in [1.165, 1.54) is 0 Å². The van der Waals surface area contributed by atoms with Crippen LogP contribution in [0.4, 0.5) is 0 Å². The zero-order valence-corrected chi connectivity index (χ0v) is 8.33. The van der Waals surface area contributed by atoms with Gasteiger partial charge in [-0.15, -0.1) is 0 Å². The molecule has 68 valence electrons. The Kier molecular flexibility index (Phi) is 3.02. The summed E-state index contributed by atoms with van der Waals surface area (Å²) in [6, 6.07) is 1.93. The zero-order chi connectivity index (χ0) is 9.73. The molecule has 0 saturated carbocycles. The highest BCUT2D eigenvalue weighted by atomic mass is 15.1. The van der Waals surface area contributed by atoms with Gasteiger partial charge in [0.25, 0.3) is 0 Å². The molecule has 0 fully saturated rings. The minimum Gasteiger partial charge on any atom is -0.159 e. The molecule has 1 heterocycles. The SMILES string of the molecule is CC(C)(C)C#CCc1ccnnc1. The third kappa shape index (κ3) is 4.27. The van der Waals surface area contributed by atoms with Crippen LogP contribution in [-0.4, -0.2) is 10.2 Å². The first-order valence-corrected chi connectivity index (χ1v) is 4.33. The van der Waals surface area contributed by atoms with E-state index < -0.39 is 0 Å². The predicted molar refractivity (Wildman–Crippen MR) is 53.0 cm³/mol. The lowest BCUT2D eigenvalue weighted by molar-refractivity contribution is 0.570. The number of nitrogens with zero attached hydrogens (tertiary/aromatic N) is 2. The average Bonchev–Trinajstić information content (AvgIpc) is 2.04. The molecule has 0 spiro atoms. The molecule has 0 atom stereocenters. The van der Waals surface area contributed by atoms with Crippen molar-refractivity contribution in [3.63, 3.8) is 0 Å². The number of hydrogen-bond donors (Lipinski definition) is 0. The summed E-state index contributed by atoms with van der Waals surface area (Å²) in [4.78, 5) is 0. The summed E-state index contributed by atoms with van der Waals surface area (Å²) in [5.41, 5.74) is 1.20. The van der Waals surface area contributed by atoms with E-state index in [4.69, 9.17) is 0 Å². The van der Waals surface area contributed by atoms with E-state index in [0.717, 1.165) is 12.0 Å². The molecule has 0 radical (unpaired) electrons. The molecule has 0 N–H and O–H groups in total. The second kappa shape index (κ2) is 4.04. The van der Waals surface area contributed by atoms with E-state index >= 15 is 0 Å². The second-order valence-electron chi connectivity index (χ2n) is 3.98. The minimum atomic E-state index is 0.0838. The second-order valence-corrected chi connectivity index (χ2v) is 3.98. The number of hydrogen-bond acceptors (Lipinski definition) is 2. The third-order valence-corrected chi connectivity index (χ3v) is 1.40. The summed E-state index contributed by atoms with van der Waals surface area (Å²) >= 11 is 0. The Morgan fingerprint density at radius 2 is 2.08 bits per heavy atom. The summed E-state index contributed by atoms with van der Waals surface area (Å²) in [7, 11) is 0. The van der Waals surface area contributed by atoms with Crippen molar-refractivity contribution in [2.45, 2.75) is 27.2 Å². The van der Waals surface area contributed by atoms with Gasteiger partial charge in [-0.05, 0) is 32.4 Å². The molecule has 0 bridgehead atoms. The largest absolute Gasteiger partial charge is 0.159 e. The lowest BCUT2D eigenvalue weighted by Crippen LogP contribution is -1.99. The first kappa shape index (κ1) is 9.73. The van der Waals surface area contributed by atoms with E-state index in [0.29, 0.717) is 0 Å². The van der Waals surface area contributed by atoms with Gasteiger partial charge in [0.1, 0.15) is 0 Å². The van der Waals surface area contributed by atoms with Crippen LogP contribution in [0.1, 0.15) is 26.3 Å². The van der Waals surface area contributed by atoms with Gasteiger partial charge in [-0.2, -0.15) is 10.2 Å². The van der Waals surface area contributed by atoms with Gasteiger partial charge in [0.2, 0.25) is 0 Å². The summed E-state index contributed by atoms with van der Waals surface area (Å²) < 4.78 is 0. The average molecular weight is 174 g/mol.